The summed E-state index contributed by atoms with van der Waals surface area (Å²) in [5, 5.41) is 0. The second kappa shape index (κ2) is 8.31. The highest BCUT2D eigenvalue weighted by Gasteiger charge is 2.53. The van der Waals surface area contributed by atoms with Gasteiger partial charge in [0.05, 0.1) is 23.6 Å². The molecule has 7 nitrogen and oxygen atoms in total. The van der Waals surface area contributed by atoms with Gasteiger partial charge in [0, 0.05) is 7.05 Å². The van der Waals surface area contributed by atoms with Gasteiger partial charge in [0.25, 0.3) is 0 Å². The number of likely N-dealkylation sites (N-methyl/N-ethyl adjacent to an activating group) is 1. The van der Waals surface area contributed by atoms with E-state index in [1.54, 1.807) is 6.07 Å². The van der Waals surface area contributed by atoms with Crippen molar-refractivity contribution in [1.29, 1.82) is 0 Å². The first-order chi connectivity index (χ1) is 14.5. The molecule has 2 aromatic carbocycles. The van der Waals surface area contributed by atoms with Crippen LogP contribution in [-0.4, -0.2) is 56.2 Å². The van der Waals surface area contributed by atoms with E-state index >= 15 is 0 Å². The third-order valence-electron chi connectivity index (χ3n) is 5.05. The summed E-state index contributed by atoms with van der Waals surface area (Å²) >= 11 is 0. The second-order valence-corrected chi connectivity index (χ2v) is 8.79. The van der Waals surface area contributed by atoms with Crippen LogP contribution >= 0.6 is 0 Å². The Morgan fingerprint density at radius 1 is 1.13 bits per heavy atom. The fourth-order valence-electron chi connectivity index (χ4n) is 3.45. The van der Waals surface area contributed by atoms with Crippen LogP contribution in [0.3, 0.4) is 0 Å². The molecular weight excluding hydrogens is 437 g/mol. The number of β-lactam (4-membered cyclic amide) rings is 1. The van der Waals surface area contributed by atoms with E-state index < -0.39 is 52.3 Å². The molecule has 1 aliphatic rings. The molecule has 1 heterocycles. The number of sulfonamides is 1. The predicted octanol–water partition coefficient (Wildman–Crippen LogP) is 2.45. The van der Waals surface area contributed by atoms with E-state index in [0.29, 0.717) is 4.31 Å². The Labute approximate surface area is 177 Å². The number of alkyl halides is 3. The number of carbonyl (C=O) groups is 2. The van der Waals surface area contributed by atoms with Crippen LogP contribution in [0.1, 0.15) is 17.2 Å². The number of hydrogen-bond donors (Lipinski definition) is 0. The van der Waals surface area contributed by atoms with Crippen molar-refractivity contribution in [2.75, 3.05) is 20.7 Å². The standard InChI is InChI=1S/C20H19F3N2O5S/c1-24-17(13-7-6-8-14(11-13)20(21,22)23)18(19(24)27)25(12-16(26)30-2)31(28,29)15-9-4-3-5-10-15/h3-11,17-18H,12H2,1-2H3. The monoisotopic (exact) mass is 456 g/mol. The zero-order valence-electron chi connectivity index (χ0n) is 16.5. The molecule has 3 rings (SSSR count). The van der Waals surface area contributed by atoms with Crippen LogP contribution in [0.25, 0.3) is 0 Å². The van der Waals surface area contributed by atoms with Crippen molar-refractivity contribution in [3.05, 3.63) is 65.7 Å². The summed E-state index contributed by atoms with van der Waals surface area (Å²) in [5.41, 5.74) is -0.831. The maximum absolute atomic E-state index is 13.2. The molecular formula is C20H19F3N2O5S. The summed E-state index contributed by atoms with van der Waals surface area (Å²) in [6, 6.07) is 9.02. The van der Waals surface area contributed by atoms with Gasteiger partial charge in [0.2, 0.25) is 15.9 Å². The lowest BCUT2D eigenvalue weighted by Crippen LogP contribution is -2.65. The lowest BCUT2D eigenvalue weighted by atomic mass is 9.88. The summed E-state index contributed by atoms with van der Waals surface area (Å²) in [7, 11) is -1.92. The molecule has 2 aromatic rings. The number of carbonyl (C=O) groups excluding carboxylic acids is 2. The summed E-state index contributed by atoms with van der Waals surface area (Å²) in [6.45, 7) is -0.770. The van der Waals surface area contributed by atoms with Crippen molar-refractivity contribution in [2.45, 2.75) is 23.2 Å². The average Bonchev–Trinajstić information content (AvgIpc) is 2.75. The number of amides is 1. The molecule has 0 aromatic heterocycles. The van der Waals surface area contributed by atoms with Crippen LogP contribution in [0, 0.1) is 0 Å². The number of hydrogen-bond acceptors (Lipinski definition) is 5. The Morgan fingerprint density at radius 2 is 1.77 bits per heavy atom. The molecule has 11 heteroatoms. The zero-order chi connectivity index (χ0) is 23.0. The van der Waals surface area contributed by atoms with Crippen LogP contribution in [0.5, 0.6) is 0 Å². The van der Waals surface area contributed by atoms with Crippen LogP contribution in [0.15, 0.2) is 59.5 Å². The number of esters is 1. The molecule has 0 saturated carbocycles. The average molecular weight is 456 g/mol. The topological polar surface area (TPSA) is 84.0 Å². The van der Waals surface area contributed by atoms with Gasteiger partial charge in [0.15, 0.2) is 0 Å². The zero-order valence-corrected chi connectivity index (χ0v) is 17.4. The van der Waals surface area contributed by atoms with Crippen molar-refractivity contribution >= 4 is 21.9 Å². The molecule has 0 bridgehead atoms. The predicted molar refractivity (Wildman–Crippen MR) is 103 cm³/mol. The molecule has 2 atom stereocenters. The Morgan fingerprint density at radius 3 is 2.35 bits per heavy atom. The van der Waals surface area contributed by atoms with E-state index in [1.165, 1.54) is 43.4 Å². The van der Waals surface area contributed by atoms with Crippen molar-refractivity contribution in [2.24, 2.45) is 0 Å². The van der Waals surface area contributed by atoms with Crippen molar-refractivity contribution in [3.63, 3.8) is 0 Å². The first-order valence-corrected chi connectivity index (χ1v) is 10.5. The molecule has 1 amide bonds. The molecule has 0 N–H and O–H groups in total. The molecule has 2 unspecified atom stereocenters. The van der Waals surface area contributed by atoms with E-state index in [0.717, 1.165) is 24.1 Å². The molecule has 1 saturated heterocycles. The van der Waals surface area contributed by atoms with E-state index in [9.17, 15) is 31.2 Å². The summed E-state index contributed by atoms with van der Waals surface area (Å²) < 4.78 is 71.2. The van der Waals surface area contributed by atoms with Gasteiger partial charge >= 0.3 is 12.1 Å². The second-order valence-electron chi connectivity index (χ2n) is 6.90. The molecule has 0 radical (unpaired) electrons. The Hall–Kier alpha value is -2.92. The number of nitrogens with zero attached hydrogens (tertiary/aromatic N) is 2. The van der Waals surface area contributed by atoms with Crippen LogP contribution in [-0.2, 0) is 30.5 Å². The highest BCUT2D eigenvalue weighted by Crippen LogP contribution is 2.41. The molecule has 31 heavy (non-hydrogen) atoms. The first-order valence-electron chi connectivity index (χ1n) is 9.06. The minimum absolute atomic E-state index is 0.0973. The number of halogens is 3. The largest absolute Gasteiger partial charge is 0.468 e. The fraction of sp³-hybridized carbons (Fsp3) is 0.300. The van der Waals surface area contributed by atoms with Crippen molar-refractivity contribution in [1.82, 2.24) is 9.21 Å². The summed E-state index contributed by atoms with van der Waals surface area (Å²) in [6.07, 6.45) is -4.61. The van der Waals surface area contributed by atoms with E-state index in [1.807, 2.05) is 0 Å². The molecule has 166 valence electrons. The van der Waals surface area contributed by atoms with Gasteiger partial charge in [0.1, 0.15) is 12.6 Å². The summed E-state index contributed by atoms with van der Waals surface area (Å²) in [5.74, 6) is -1.56. The van der Waals surface area contributed by atoms with Gasteiger partial charge < -0.3 is 9.64 Å². The maximum Gasteiger partial charge on any atom is 0.416 e. The third kappa shape index (κ3) is 4.28. The quantitative estimate of drug-likeness (QED) is 0.493. The Balaban J connectivity index is 2.08. The molecule has 1 fully saturated rings. The number of methoxy groups -OCH3 is 1. The Kier molecular flexibility index (Phi) is 6.10. The Bertz CT molecular complexity index is 1090. The maximum atomic E-state index is 13.2. The molecule has 1 aliphatic heterocycles. The van der Waals surface area contributed by atoms with Crippen LogP contribution in [0.2, 0.25) is 0 Å². The first kappa shape index (κ1) is 22.8. The van der Waals surface area contributed by atoms with Gasteiger partial charge in [-0.05, 0) is 29.8 Å². The number of likely N-dealkylation sites (tertiary alicyclic amines) is 1. The minimum Gasteiger partial charge on any atom is -0.468 e. The smallest absolute Gasteiger partial charge is 0.416 e. The van der Waals surface area contributed by atoms with Gasteiger partial charge in [-0.15, -0.1) is 0 Å². The van der Waals surface area contributed by atoms with Gasteiger partial charge in [-0.25, -0.2) is 8.42 Å². The highest BCUT2D eigenvalue weighted by atomic mass is 32.2. The SMILES string of the molecule is COC(=O)CN(C1C(=O)N(C)C1c1cccc(C(F)(F)F)c1)S(=O)(=O)c1ccccc1. The van der Waals surface area contributed by atoms with Gasteiger partial charge in [-0.2, -0.15) is 17.5 Å². The van der Waals surface area contributed by atoms with E-state index in [4.69, 9.17) is 0 Å². The third-order valence-corrected chi connectivity index (χ3v) is 6.89. The fourth-order valence-corrected chi connectivity index (χ4v) is 5.00. The van der Waals surface area contributed by atoms with Crippen molar-refractivity contribution in [3.8, 4) is 0 Å². The van der Waals surface area contributed by atoms with Crippen molar-refractivity contribution < 1.29 is 35.9 Å². The number of benzene rings is 2. The normalized spacial score (nSPS) is 19.3. The lowest BCUT2D eigenvalue weighted by molar-refractivity contribution is -0.155. The van der Waals surface area contributed by atoms with Crippen LogP contribution in [0.4, 0.5) is 13.2 Å². The molecule has 0 aliphatic carbocycles. The molecule has 0 spiro atoms. The van der Waals surface area contributed by atoms with E-state index in [2.05, 4.69) is 4.74 Å². The van der Waals surface area contributed by atoms with Gasteiger partial charge in [-0.3, -0.25) is 9.59 Å². The number of rotatable bonds is 6. The van der Waals surface area contributed by atoms with Crippen LogP contribution < -0.4 is 0 Å². The highest BCUT2D eigenvalue weighted by molar-refractivity contribution is 7.89. The number of ether oxygens (including phenoxy) is 1. The van der Waals surface area contributed by atoms with E-state index in [-0.39, 0.29) is 10.5 Å². The minimum atomic E-state index is -4.61. The summed E-state index contributed by atoms with van der Waals surface area (Å²) in [4.78, 5) is 25.6. The lowest BCUT2D eigenvalue weighted by Gasteiger charge is -2.49. The van der Waals surface area contributed by atoms with Gasteiger partial charge in [-0.1, -0.05) is 30.3 Å².